The third-order valence-electron chi connectivity index (χ3n) is 9.32. The average molecular weight is 759 g/mol. The largest absolute Gasteiger partial charge is 0.497 e. The first-order valence-electron chi connectivity index (χ1n) is 17.6. The summed E-state index contributed by atoms with van der Waals surface area (Å²) < 4.78 is 27.7. The van der Waals surface area contributed by atoms with Crippen LogP contribution in [0, 0.1) is 0 Å². The molecule has 0 unspecified atom stereocenters. The lowest BCUT2D eigenvalue weighted by molar-refractivity contribution is 0.392. The average Bonchev–Trinajstić information content (AvgIpc) is 3.94. The molecule has 0 radical (unpaired) electrons. The first-order chi connectivity index (χ1) is 27.0. The lowest BCUT2D eigenvalue weighted by Crippen LogP contribution is -2.23. The van der Waals surface area contributed by atoms with Gasteiger partial charge in [0, 0.05) is 49.5 Å². The number of nitrogens with zero attached hydrogens (tertiary/aromatic N) is 6. The predicted molar refractivity (Wildman–Crippen MR) is 217 cm³/mol. The zero-order chi connectivity index (χ0) is 39.8. The summed E-state index contributed by atoms with van der Waals surface area (Å²) in [5.74, 6) is 3.82. The quantitative estimate of drug-likeness (QED) is 0.142. The number of imidazole rings is 2. The van der Waals surface area contributed by atoms with E-state index >= 15 is 0 Å². The zero-order valence-electron chi connectivity index (χ0n) is 31.9. The molecule has 0 aliphatic heterocycles. The van der Waals surface area contributed by atoms with Gasteiger partial charge in [-0.15, -0.1) is 0 Å². The van der Waals surface area contributed by atoms with Gasteiger partial charge in [0.15, 0.2) is 0 Å². The number of aromatic nitrogens is 8. The normalized spacial score (nSPS) is 11.2. The van der Waals surface area contributed by atoms with Crippen LogP contribution in [-0.2, 0) is 7.05 Å². The molecule has 16 nitrogen and oxygen atoms in total. The van der Waals surface area contributed by atoms with E-state index in [-0.39, 0.29) is 23.0 Å². The van der Waals surface area contributed by atoms with Gasteiger partial charge in [-0.05, 0) is 38.1 Å². The summed E-state index contributed by atoms with van der Waals surface area (Å²) in [6.45, 7) is 3.93. The number of para-hydroxylation sites is 4. The summed E-state index contributed by atoms with van der Waals surface area (Å²) in [5, 5.41) is 0. The molecule has 0 spiro atoms. The fraction of sp³-hybridized carbons (Fsp3) is 0.200. The molecular formula is C40H42N10O6. The van der Waals surface area contributed by atoms with E-state index in [4.69, 9.17) is 30.4 Å². The van der Waals surface area contributed by atoms with Gasteiger partial charge >= 0.3 is 0 Å². The highest BCUT2D eigenvalue weighted by molar-refractivity contribution is 5.83. The summed E-state index contributed by atoms with van der Waals surface area (Å²) in [7, 11) is 7.91. The Morgan fingerprint density at radius 1 is 0.589 bits per heavy atom. The number of aromatic amines is 2. The Labute approximate surface area is 320 Å². The van der Waals surface area contributed by atoms with E-state index in [0.717, 1.165) is 22.1 Å². The van der Waals surface area contributed by atoms with Crippen LogP contribution in [0.1, 0.15) is 19.9 Å². The Morgan fingerprint density at radius 2 is 1.00 bits per heavy atom. The lowest BCUT2D eigenvalue weighted by atomic mass is 10.2. The summed E-state index contributed by atoms with van der Waals surface area (Å²) in [6.07, 6.45) is 0. The molecular weight excluding hydrogens is 717 g/mol. The zero-order valence-corrected chi connectivity index (χ0v) is 31.9. The van der Waals surface area contributed by atoms with Crippen molar-refractivity contribution in [1.82, 2.24) is 38.7 Å². The van der Waals surface area contributed by atoms with Gasteiger partial charge in [-0.3, -0.25) is 14.3 Å². The van der Waals surface area contributed by atoms with Crippen LogP contribution in [0.25, 0.3) is 56.2 Å². The molecule has 0 saturated heterocycles. The van der Waals surface area contributed by atoms with Gasteiger partial charge in [-0.25, -0.2) is 24.0 Å². The Morgan fingerprint density at radius 3 is 1.41 bits per heavy atom. The Kier molecular flexibility index (Phi) is 9.78. The third-order valence-corrected chi connectivity index (χ3v) is 9.32. The second-order valence-electron chi connectivity index (χ2n) is 13.1. The second-order valence-corrected chi connectivity index (χ2v) is 13.1. The van der Waals surface area contributed by atoms with Crippen LogP contribution in [0.4, 0.5) is 11.6 Å². The summed E-state index contributed by atoms with van der Waals surface area (Å²) in [5.41, 5.74) is 17.4. The number of anilines is 2. The van der Waals surface area contributed by atoms with Crippen LogP contribution in [0.2, 0.25) is 0 Å². The number of hydrogen-bond acceptors (Lipinski definition) is 10. The summed E-state index contributed by atoms with van der Waals surface area (Å²) in [6, 6.07) is 25.7. The maximum absolute atomic E-state index is 13.5. The highest BCUT2D eigenvalue weighted by Gasteiger charge is 2.25. The molecule has 288 valence electrons. The molecule has 4 aromatic carbocycles. The van der Waals surface area contributed by atoms with Crippen LogP contribution in [0.15, 0.2) is 94.5 Å². The Balaban J connectivity index is 0.000000172. The van der Waals surface area contributed by atoms with Gasteiger partial charge in [-0.1, -0.05) is 24.3 Å². The molecule has 56 heavy (non-hydrogen) atoms. The SMILES string of the molecule is COc1cc(OC)cc(-n2c(=O)c(-c3nc4ccccc4[nH]3)c(N)n2C(C)C)c1.COc1cc(OC)cc(-n2c(N)c(-c3nc4ccccc4[nH]3)c(=O)n2C)c1. The van der Waals surface area contributed by atoms with E-state index in [9.17, 15) is 9.59 Å². The predicted octanol–water partition coefficient (Wildman–Crippen LogP) is 5.68. The fourth-order valence-electron chi connectivity index (χ4n) is 6.65. The standard InChI is InChI=1S/C21H23N5O3.C19H19N5O3/c1-12(2)25-19(22)18(20-23-16-7-5-6-8-17(16)24-20)21(27)26(25)13-9-14(28-3)11-15(10-13)29-4;1-23-19(25)16(18-21-14-6-4-5-7-15(14)22-18)17(20)24(23)11-8-12(26-2)10-13(9-11)27-3/h5-12H,22H2,1-4H3,(H,23,24);4-10H,20H2,1-3H3,(H,21,22). The van der Waals surface area contributed by atoms with E-state index < -0.39 is 0 Å². The molecule has 6 N–H and O–H groups in total. The van der Waals surface area contributed by atoms with Crippen molar-refractivity contribution < 1.29 is 18.9 Å². The molecule has 0 bridgehead atoms. The lowest BCUT2D eigenvalue weighted by Gasteiger charge is -2.17. The topological polar surface area (TPSA) is 200 Å². The van der Waals surface area contributed by atoms with Crippen molar-refractivity contribution in [3.05, 3.63) is 106 Å². The molecule has 0 saturated carbocycles. The molecule has 4 aromatic heterocycles. The number of benzene rings is 4. The molecule has 4 heterocycles. The van der Waals surface area contributed by atoms with Gasteiger partial charge < -0.3 is 40.4 Å². The number of nitrogens with one attached hydrogen (secondary N) is 2. The van der Waals surface area contributed by atoms with Crippen molar-refractivity contribution >= 4 is 33.7 Å². The van der Waals surface area contributed by atoms with E-state index in [1.807, 2.05) is 62.4 Å². The van der Waals surface area contributed by atoms with Gasteiger partial charge in [0.05, 0.1) is 61.9 Å². The second kappa shape index (κ2) is 14.8. The maximum Gasteiger partial charge on any atom is 0.284 e. The van der Waals surface area contributed by atoms with Crippen molar-refractivity contribution in [3.63, 3.8) is 0 Å². The molecule has 16 heteroatoms. The highest BCUT2D eigenvalue weighted by Crippen LogP contribution is 2.32. The van der Waals surface area contributed by atoms with Crippen molar-refractivity contribution in [1.29, 1.82) is 0 Å². The van der Waals surface area contributed by atoms with Crippen LogP contribution >= 0.6 is 0 Å². The van der Waals surface area contributed by atoms with Gasteiger partial charge in [0.2, 0.25) is 0 Å². The summed E-state index contributed by atoms with van der Waals surface area (Å²) >= 11 is 0. The van der Waals surface area contributed by atoms with E-state index in [1.54, 1.807) is 81.2 Å². The van der Waals surface area contributed by atoms with Crippen molar-refractivity contribution in [3.8, 4) is 57.1 Å². The van der Waals surface area contributed by atoms with Crippen molar-refractivity contribution in [2.45, 2.75) is 19.9 Å². The molecule has 8 aromatic rings. The Hall–Kier alpha value is -7.36. The number of H-pyrrole nitrogens is 2. The van der Waals surface area contributed by atoms with Crippen LogP contribution in [-0.4, -0.2) is 67.1 Å². The number of ether oxygens (including phenoxy) is 4. The van der Waals surface area contributed by atoms with Crippen molar-refractivity contribution in [2.24, 2.45) is 7.05 Å². The van der Waals surface area contributed by atoms with Gasteiger partial charge in [-0.2, -0.15) is 0 Å². The minimum atomic E-state index is -0.273. The minimum absolute atomic E-state index is 0.0713. The number of nitrogens with two attached hydrogens (primary N) is 2. The number of methoxy groups -OCH3 is 4. The molecule has 0 fully saturated rings. The van der Waals surface area contributed by atoms with E-state index in [2.05, 4.69) is 19.9 Å². The minimum Gasteiger partial charge on any atom is -0.497 e. The van der Waals surface area contributed by atoms with Crippen LogP contribution in [0.5, 0.6) is 23.0 Å². The number of rotatable bonds is 9. The first kappa shape index (κ1) is 37.0. The van der Waals surface area contributed by atoms with E-state index in [1.165, 1.54) is 9.36 Å². The monoisotopic (exact) mass is 758 g/mol. The molecule has 8 rings (SSSR count). The number of hydrogen-bond donors (Lipinski definition) is 4. The van der Waals surface area contributed by atoms with Gasteiger partial charge in [0.1, 0.15) is 57.4 Å². The van der Waals surface area contributed by atoms with Gasteiger partial charge in [0.25, 0.3) is 11.1 Å². The maximum atomic E-state index is 13.5. The highest BCUT2D eigenvalue weighted by atomic mass is 16.5. The molecule has 0 atom stereocenters. The smallest absolute Gasteiger partial charge is 0.284 e. The number of fused-ring (bicyclic) bond motifs is 2. The first-order valence-corrected chi connectivity index (χ1v) is 17.6. The summed E-state index contributed by atoms with van der Waals surface area (Å²) in [4.78, 5) is 41.9. The third kappa shape index (κ3) is 6.46. The molecule has 0 aliphatic carbocycles. The fourth-order valence-corrected chi connectivity index (χ4v) is 6.65. The molecule has 0 aliphatic rings. The Bertz CT molecular complexity index is 2730. The number of nitrogen functional groups attached to an aromatic ring is 2. The van der Waals surface area contributed by atoms with Crippen LogP contribution in [0.3, 0.4) is 0 Å². The van der Waals surface area contributed by atoms with Crippen LogP contribution < -0.4 is 41.5 Å². The van der Waals surface area contributed by atoms with Crippen molar-refractivity contribution in [2.75, 3.05) is 39.9 Å². The van der Waals surface area contributed by atoms with E-state index in [0.29, 0.717) is 63.0 Å². The molecule has 0 amide bonds.